The van der Waals surface area contributed by atoms with Crippen molar-refractivity contribution in [3.63, 3.8) is 0 Å². The highest BCUT2D eigenvalue weighted by Gasteiger charge is 2.15. The van der Waals surface area contributed by atoms with Crippen molar-refractivity contribution in [3.8, 4) is 0 Å². The van der Waals surface area contributed by atoms with Gasteiger partial charge in [-0.2, -0.15) is 0 Å². The van der Waals surface area contributed by atoms with Gasteiger partial charge in [0.2, 0.25) is 11.9 Å². The third kappa shape index (κ3) is 3.28. The van der Waals surface area contributed by atoms with E-state index in [2.05, 4.69) is 20.4 Å². The Morgan fingerprint density at radius 2 is 2.32 bits per heavy atom. The SMILES string of the molecule is Cc1nc(C)c(C(C)NC(=O)Cn2cnc(N)n2)s1. The molecule has 3 N–H and O–H groups in total. The first kappa shape index (κ1) is 13.5. The van der Waals surface area contributed by atoms with Crippen molar-refractivity contribution in [2.45, 2.75) is 33.4 Å². The Hall–Kier alpha value is -1.96. The molecule has 0 bridgehead atoms. The molecular weight excluding hydrogens is 264 g/mol. The maximum Gasteiger partial charge on any atom is 0.242 e. The number of rotatable bonds is 4. The lowest BCUT2D eigenvalue weighted by Crippen LogP contribution is -2.30. The number of nitrogens with zero attached hydrogens (tertiary/aromatic N) is 4. The van der Waals surface area contributed by atoms with E-state index >= 15 is 0 Å². The van der Waals surface area contributed by atoms with Crippen molar-refractivity contribution in [2.75, 3.05) is 5.73 Å². The van der Waals surface area contributed by atoms with Crippen LogP contribution in [0.5, 0.6) is 0 Å². The van der Waals surface area contributed by atoms with Crippen LogP contribution >= 0.6 is 11.3 Å². The van der Waals surface area contributed by atoms with E-state index in [-0.39, 0.29) is 24.4 Å². The van der Waals surface area contributed by atoms with Gasteiger partial charge in [0.15, 0.2) is 0 Å². The molecule has 0 aliphatic heterocycles. The molecule has 0 saturated carbocycles. The highest BCUT2D eigenvalue weighted by atomic mass is 32.1. The van der Waals surface area contributed by atoms with E-state index in [0.717, 1.165) is 15.6 Å². The van der Waals surface area contributed by atoms with E-state index < -0.39 is 0 Å². The van der Waals surface area contributed by atoms with E-state index in [1.807, 2.05) is 20.8 Å². The number of aromatic nitrogens is 4. The lowest BCUT2D eigenvalue weighted by molar-refractivity contribution is -0.122. The highest BCUT2D eigenvalue weighted by molar-refractivity contribution is 7.11. The van der Waals surface area contributed by atoms with Gasteiger partial charge in [0.25, 0.3) is 0 Å². The number of nitrogens with one attached hydrogen (secondary N) is 1. The van der Waals surface area contributed by atoms with Crippen LogP contribution < -0.4 is 11.1 Å². The summed E-state index contributed by atoms with van der Waals surface area (Å²) in [5, 5.41) is 7.77. The Kier molecular flexibility index (Phi) is 3.79. The number of nitrogen functional groups attached to an aromatic ring is 1. The largest absolute Gasteiger partial charge is 0.367 e. The summed E-state index contributed by atoms with van der Waals surface area (Å²) >= 11 is 1.59. The zero-order chi connectivity index (χ0) is 14.0. The van der Waals surface area contributed by atoms with E-state index in [1.54, 1.807) is 11.3 Å². The Morgan fingerprint density at radius 3 is 2.84 bits per heavy atom. The molecule has 0 fully saturated rings. The van der Waals surface area contributed by atoms with Gasteiger partial charge in [0.05, 0.1) is 16.7 Å². The first-order valence-corrected chi connectivity index (χ1v) is 6.65. The molecule has 8 heteroatoms. The van der Waals surface area contributed by atoms with Crippen LogP contribution in [0.1, 0.15) is 28.5 Å². The van der Waals surface area contributed by atoms with E-state index in [4.69, 9.17) is 5.73 Å². The van der Waals surface area contributed by atoms with Gasteiger partial charge in [-0.25, -0.2) is 14.6 Å². The molecule has 2 aromatic heterocycles. The quantitative estimate of drug-likeness (QED) is 0.863. The van der Waals surface area contributed by atoms with Crippen molar-refractivity contribution in [3.05, 3.63) is 21.9 Å². The Balaban J connectivity index is 1.97. The number of amides is 1. The maximum atomic E-state index is 11.9. The molecule has 1 unspecified atom stereocenters. The zero-order valence-electron chi connectivity index (χ0n) is 11.0. The summed E-state index contributed by atoms with van der Waals surface area (Å²) in [6.07, 6.45) is 1.43. The van der Waals surface area contributed by atoms with Crippen molar-refractivity contribution in [1.29, 1.82) is 0 Å². The van der Waals surface area contributed by atoms with Crippen LogP contribution in [0.25, 0.3) is 0 Å². The molecule has 1 amide bonds. The first-order valence-electron chi connectivity index (χ1n) is 5.84. The number of carbonyl (C=O) groups excluding carboxylic acids is 1. The van der Waals surface area contributed by atoms with Gasteiger partial charge < -0.3 is 11.1 Å². The number of thiazole rings is 1. The minimum absolute atomic E-state index is 0.0698. The summed E-state index contributed by atoms with van der Waals surface area (Å²) in [7, 11) is 0. The molecule has 0 radical (unpaired) electrons. The monoisotopic (exact) mass is 280 g/mol. The second kappa shape index (κ2) is 5.35. The summed E-state index contributed by atoms with van der Waals surface area (Å²) in [5.41, 5.74) is 6.35. The molecule has 19 heavy (non-hydrogen) atoms. The van der Waals surface area contributed by atoms with Crippen molar-refractivity contribution in [1.82, 2.24) is 25.1 Å². The average molecular weight is 280 g/mol. The first-order chi connectivity index (χ1) is 8.95. The van der Waals surface area contributed by atoms with Gasteiger partial charge >= 0.3 is 0 Å². The van der Waals surface area contributed by atoms with E-state index in [9.17, 15) is 4.79 Å². The zero-order valence-corrected chi connectivity index (χ0v) is 11.9. The molecule has 102 valence electrons. The van der Waals surface area contributed by atoms with Gasteiger partial charge in [0.1, 0.15) is 12.9 Å². The molecule has 2 rings (SSSR count). The predicted octanol–water partition coefficient (Wildman–Crippen LogP) is 0.811. The Labute approximate surface area is 114 Å². The fourth-order valence-electron chi connectivity index (χ4n) is 1.83. The maximum absolute atomic E-state index is 11.9. The number of carbonyl (C=O) groups is 1. The number of hydrogen-bond acceptors (Lipinski definition) is 6. The van der Waals surface area contributed by atoms with Crippen LogP contribution in [-0.2, 0) is 11.3 Å². The number of hydrogen-bond donors (Lipinski definition) is 2. The number of nitrogens with two attached hydrogens (primary N) is 1. The average Bonchev–Trinajstić information content (AvgIpc) is 2.84. The summed E-state index contributed by atoms with van der Waals surface area (Å²) in [4.78, 5) is 21.1. The summed E-state index contributed by atoms with van der Waals surface area (Å²) < 4.78 is 1.40. The lowest BCUT2D eigenvalue weighted by atomic mass is 10.2. The van der Waals surface area contributed by atoms with Crippen LogP contribution in [0.15, 0.2) is 6.33 Å². The standard InChI is InChI=1S/C11H16N6OS/c1-6-10(19-8(3)14-6)7(2)15-9(18)4-17-5-13-11(12)16-17/h5,7H,4H2,1-3H3,(H2,12,16)(H,15,18). The number of anilines is 1. The van der Waals surface area contributed by atoms with Gasteiger partial charge in [0, 0.05) is 4.88 Å². The second-order valence-electron chi connectivity index (χ2n) is 4.27. The third-order valence-electron chi connectivity index (χ3n) is 2.57. The Morgan fingerprint density at radius 1 is 1.58 bits per heavy atom. The van der Waals surface area contributed by atoms with E-state index in [0.29, 0.717) is 0 Å². The summed E-state index contributed by atoms with van der Waals surface area (Å²) in [5.74, 6) is 0.0256. The molecule has 0 aliphatic carbocycles. The van der Waals surface area contributed by atoms with Crippen LogP contribution in [0.2, 0.25) is 0 Å². The smallest absolute Gasteiger partial charge is 0.242 e. The summed E-state index contributed by atoms with van der Waals surface area (Å²) in [6, 6.07) is -0.0698. The van der Waals surface area contributed by atoms with Crippen LogP contribution in [0, 0.1) is 13.8 Å². The second-order valence-corrected chi connectivity index (χ2v) is 5.51. The number of aryl methyl sites for hydroxylation is 2. The van der Waals surface area contributed by atoms with Crippen molar-refractivity contribution >= 4 is 23.2 Å². The van der Waals surface area contributed by atoms with Crippen molar-refractivity contribution in [2.24, 2.45) is 0 Å². The van der Waals surface area contributed by atoms with Gasteiger partial charge in [-0.1, -0.05) is 0 Å². The van der Waals surface area contributed by atoms with Gasteiger partial charge in [-0.15, -0.1) is 16.4 Å². The van der Waals surface area contributed by atoms with Crippen LogP contribution in [-0.4, -0.2) is 25.7 Å². The molecule has 2 heterocycles. The minimum atomic E-state index is -0.136. The fourth-order valence-corrected chi connectivity index (χ4v) is 2.76. The molecule has 7 nitrogen and oxygen atoms in total. The predicted molar refractivity (Wildman–Crippen MR) is 72.6 cm³/mol. The molecule has 0 aliphatic rings. The molecule has 0 aromatic carbocycles. The van der Waals surface area contributed by atoms with Gasteiger partial charge in [-0.3, -0.25) is 4.79 Å². The topological polar surface area (TPSA) is 98.7 Å². The minimum Gasteiger partial charge on any atom is -0.367 e. The van der Waals surface area contributed by atoms with Crippen molar-refractivity contribution < 1.29 is 4.79 Å². The third-order valence-corrected chi connectivity index (χ3v) is 3.83. The molecule has 1 atom stereocenters. The molecular formula is C11H16N6OS. The molecule has 0 saturated heterocycles. The van der Waals surface area contributed by atoms with Crippen LogP contribution in [0.3, 0.4) is 0 Å². The molecule has 2 aromatic rings. The summed E-state index contributed by atoms with van der Waals surface area (Å²) in [6.45, 7) is 5.94. The Bertz CT molecular complexity index is 590. The normalized spacial score (nSPS) is 12.4. The molecule has 0 spiro atoms. The van der Waals surface area contributed by atoms with E-state index in [1.165, 1.54) is 11.0 Å². The lowest BCUT2D eigenvalue weighted by Gasteiger charge is -2.12. The fraction of sp³-hybridized carbons (Fsp3) is 0.455. The van der Waals surface area contributed by atoms with Crippen LogP contribution in [0.4, 0.5) is 5.95 Å². The van der Waals surface area contributed by atoms with Gasteiger partial charge in [-0.05, 0) is 20.8 Å². The highest BCUT2D eigenvalue weighted by Crippen LogP contribution is 2.24.